The molecule has 2 aliphatic rings. The molecule has 0 radical (unpaired) electrons. The van der Waals surface area contributed by atoms with Crippen LogP contribution >= 0.6 is 11.6 Å². The number of halogens is 1. The van der Waals surface area contributed by atoms with Crippen LogP contribution in [0.15, 0.2) is 30.5 Å². The normalized spacial score (nSPS) is 21.0. The number of anilines is 1. The second-order valence-electron chi connectivity index (χ2n) is 8.92. The van der Waals surface area contributed by atoms with Crippen molar-refractivity contribution in [3.8, 4) is 0 Å². The Hall–Kier alpha value is -2.67. The minimum absolute atomic E-state index is 0.0645. The van der Waals surface area contributed by atoms with Gasteiger partial charge in [-0.25, -0.2) is 4.98 Å². The number of benzene rings is 1. The predicted molar refractivity (Wildman–Crippen MR) is 125 cm³/mol. The van der Waals surface area contributed by atoms with Gasteiger partial charge in [-0.1, -0.05) is 23.7 Å². The minimum atomic E-state index is -0.364. The van der Waals surface area contributed by atoms with Crippen LogP contribution < -0.4 is 10.2 Å². The molecule has 8 heteroatoms. The van der Waals surface area contributed by atoms with Crippen LogP contribution in [0.1, 0.15) is 42.6 Å². The van der Waals surface area contributed by atoms with Gasteiger partial charge in [0.05, 0.1) is 11.4 Å². The lowest BCUT2D eigenvalue weighted by Crippen LogP contribution is -2.50. The third-order valence-electron chi connectivity index (χ3n) is 6.49. The first kappa shape index (κ1) is 22.5. The topological polar surface area (TPSA) is 78.4 Å². The van der Waals surface area contributed by atoms with E-state index in [-0.39, 0.29) is 17.4 Å². The number of hydrogen-bond donors (Lipinski definition) is 1. The summed E-state index contributed by atoms with van der Waals surface area (Å²) in [5, 5.41) is 3.86. The van der Waals surface area contributed by atoms with Gasteiger partial charge < -0.3 is 15.1 Å². The number of aryl methyl sites for hydroxylation is 2. The first-order valence-electron chi connectivity index (χ1n) is 11.2. The summed E-state index contributed by atoms with van der Waals surface area (Å²) < 4.78 is 0. The summed E-state index contributed by atoms with van der Waals surface area (Å²) in [6.45, 7) is 6.75. The average Bonchev–Trinajstić information content (AvgIpc) is 3.16. The van der Waals surface area contributed by atoms with Crippen LogP contribution in [-0.2, 0) is 16.0 Å². The van der Waals surface area contributed by atoms with Crippen molar-refractivity contribution in [3.05, 3.63) is 52.4 Å². The first-order chi connectivity index (χ1) is 15.3. The maximum absolute atomic E-state index is 13.0. The number of nitrogens with zero attached hydrogens (tertiary/aromatic N) is 4. The maximum Gasteiger partial charge on any atom is 0.222 e. The van der Waals surface area contributed by atoms with E-state index >= 15 is 0 Å². The second-order valence-corrected chi connectivity index (χ2v) is 9.36. The zero-order valence-corrected chi connectivity index (χ0v) is 19.5. The van der Waals surface area contributed by atoms with E-state index in [9.17, 15) is 9.59 Å². The highest BCUT2D eigenvalue weighted by Crippen LogP contribution is 2.30. The first-order valence-corrected chi connectivity index (χ1v) is 11.6. The van der Waals surface area contributed by atoms with Gasteiger partial charge in [-0.2, -0.15) is 0 Å². The van der Waals surface area contributed by atoms with Crippen molar-refractivity contribution >= 4 is 29.2 Å². The molecule has 1 aromatic carbocycles. The molecule has 2 amide bonds. The Kier molecular flexibility index (Phi) is 6.65. The molecule has 32 heavy (non-hydrogen) atoms. The van der Waals surface area contributed by atoms with Crippen LogP contribution in [0.3, 0.4) is 0 Å². The predicted octanol–water partition coefficient (Wildman–Crippen LogP) is 3.07. The molecule has 7 nitrogen and oxygen atoms in total. The van der Waals surface area contributed by atoms with Gasteiger partial charge in [0, 0.05) is 55.8 Å². The third-order valence-corrected chi connectivity index (χ3v) is 6.74. The van der Waals surface area contributed by atoms with E-state index in [1.54, 1.807) is 6.20 Å². The smallest absolute Gasteiger partial charge is 0.222 e. The van der Waals surface area contributed by atoms with Gasteiger partial charge in [0.2, 0.25) is 11.8 Å². The fraction of sp³-hybridized carbons (Fsp3) is 0.500. The summed E-state index contributed by atoms with van der Waals surface area (Å²) in [7, 11) is 0. The quantitative estimate of drug-likeness (QED) is 0.724. The van der Waals surface area contributed by atoms with Crippen LogP contribution in [0.4, 0.5) is 5.82 Å². The number of hydrogen-bond acceptors (Lipinski definition) is 5. The fourth-order valence-electron chi connectivity index (χ4n) is 4.67. The highest BCUT2D eigenvalue weighted by Gasteiger charge is 2.38. The summed E-state index contributed by atoms with van der Waals surface area (Å²) in [6, 6.07) is 7.72. The van der Waals surface area contributed by atoms with Crippen molar-refractivity contribution in [2.45, 2.75) is 51.5 Å². The van der Waals surface area contributed by atoms with Crippen molar-refractivity contribution in [1.82, 2.24) is 20.2 Å². The minimum Gasteiger partial charge on any atom is -0.352 e. The monoisotopic (exact) mass is 455 g/mol. The van der Waals surface area contributed by atoms with E-state index in [1.807, 2.05) is 43.0 Å². The van der Waals surface area contributed by atoms with Gasteiger partial charge in [0.1, 0.15) is 5.82 Å². The van der Waals surface area contributed by atoms with Crippen molar-refractivity contribution in [2.24, 2.45) is 0 Å². The van der Waals surface area contributed by atoms with Crippen LogP contribution in [0.2, 0.25) is 5.02 Å². The molecule has 4 rings (SSSR count). The van der Waals surface area contributed by atoms with Gasteiger partial charge in [0.15, 0.2) is 0 Å². The molecule has 2 aliphatic heterocycles. The highest BCUT2D eigenvalue weighted by molar-refractivity contribution is 6.30. The zero-order chi connectivity index (χ0) is 22.7. The van der Waals surface area contributed by atoms with Crippen molar-refractivity contribution in [2.75, 3.05) is 31.1 Å². The molecule has 0 aliphatic carbocycles. The Morgan fingerprint density at radius 3 is 2.53 bits per heavy atom. The van der Waals surface area contributed by atoms with Crippen LogP contribution in [-0.4, -0.2) is 58.4 Å². The lowest BCUT2D eigenvalue weighted by atomic mass is 9.85. The average molecular weight is 456 g/mol. The Balaban J connectivity index is 1.34. The van der Waals surface area contributed by atoms with Crippen molar-refractivity contribution in [3.63, 3.8) is 0 Å². The van der Waals surface area contributed by atoms with Gasteiger partial charge in [-0.05, 0) is 50.8 Å². The summed E-state index contributed by atoms with van der Waals surface area (Å²) in [5.74, 6) is 1.12. The molecule has 0 unspecified atom stereocenters. The molecule has 1 atom stereocenters. The van der Waals surface area contributed by atoms with Crippen molar-refractivity contribution < 1.29 is 9.59 Å². The lowest BCUT2D eigenvalue weighted by molar-refractivity contribution is -0.132. The number of amides is 2. The summed E-state index contributed by atoms with van der Waals surface area (Å²) >= 11 is 6.01. The fourth-order valence-corrected chi connectivity index (χ4v) is 4.80. The third kappa shape index (κ3) is 5.21. The summed E-state index contributed by atoms with van der Waals surface area (Å²) in [5.41, 5.74) is 2.56. The molecule has 2 aromatic rings. The maximum atomic E-state index is 13.0. The molecule has 1 N–H and O–H groups in total. The Bertz CT molecular complexity index is 988. The van der Waals surface area contributed by atoms with Gasteiger partial charge in [0.25, 0.3) is 0 Å². The molecule has 0 bridgehead atoms. The SMILES string of the molecule is Cc1cnc(C)c(N2CCN(C(=O)CC[C@]3(Cc4ccc(Cl)cc4)CCC(=O)N3)CC2)n1. The molecule has 1 aromatic heterocycles. The number of carbonyl (C=O) groups is 2. The number of aromatic nitrogens is 2. The van der Waals surface area contributed by atoms with Gasteiger partial charge in [-0.3, -0.25) is 14.6 Å². The zero-order valence-electron chi connectivity index (χ0n) is 18.7. The lowest BCUT2D eigenvalue weighted by Gasteiger charge is -2.37. The van der Waals surface area contributed by atoms with Crippen LogP contribution in [0, 0.1) is 13.8 Å². The van der Waals surface area contributed by atoms with Gasteiger partial charge >= 0.3 is 0 Å². The van der Waals surface area contributed by atoms with E-state index in [0.29, 0.717) is 43.8 Å². The largest absolute Gasteiger partial charge is 0.352 e. The Morgan fingerprint density at radius 1 is 1.16 bits per heavy atom. The molecule has 0 saturated carbocycles. The molecule has 0 spiro atoms. The number of nitrogens with one attached hydrogen (secondary N) is 1. The Morgan fingerprint density at radius 2 is 1.88 bits per heavy atom. The Labute approximate surface area is 194 Å². The molecular weight excluding hydrogens is 426 g/mol. The van der Waals surface area contributed by atoms with E-state index in [0.717, 1.165) is 42.3 Å². The van der Waals surface area contributed by atoms with E-state index < -0.39 is 0 Å². The molecule has 2 saturated heterocycles. The molecule has 3 heterocycles. The van der Waals surface area contributed by atoms with E-state index in [1.165, 1.54) is 0 Å². The van der Waals surface area contributed by atoms with Crippen LogP contribution in [0.5, 0.6) is 0 Å². The van der Waals surface area contributed by atoms with Crippen LogP contribution in [0.25, 0.3) is 0 Å². The standard InChI is InChI=1S/C24H30ClN5O2/c1-17-16-26-18(2)23(27-17)30-13-11-29(12-14-30)22(32)8-10-24(9-7-21(31)28-24)15-19-3-5-20(25)6-4-19/h3-6,16H,7-15H2,1-2H3,(H,28,31)/t24-/m0/s1. The van der Waals surface area contributed by atoms with Gasteiger partial charge in [-0.15, -0.1) is 0 Å². The van der Waals surface area contributed by atoms with Crippen molar-refractivity contribution in [1.29, 1.82) is 0 Å². The molecule has 170 valence electrons. The number of carbonyl (C=O) groups excluding carboxylic acids is 2. The number of rotatable bonds is 6. The highest BCUT2D eigenvalue weighted by atomic mass is 35.5. The summed E-state index contributed by atoms with van der Waals surface area (Å²) in [4.78, 5) is 38.2. The molecular formula is C24H30ClN5O2. The second kappa shape index (κ2) is 9.45. The van der Waals surface area contributed by atoms with E-state index in [2.05, 4.69) is 20.2 Å². The molecule has 2 fully saturated rings. The number of piperazine rings is 1. The summed E-state index contributed by atoms with van der Waals surface area (Å²) in [6.07, 6.45) is 4.82. The van der Waals surface area contributed by atoms with E-state index in [4.69, 9.17) is 11.6 Å².